The maximum atomic E-state index is 10.0. The lowest BCUT2D eigenvalue weighted by atomic mass is 9.99. The quantitative estimate of drug-likeness (QED) is 0.356. The van der Waals surface area contributed by atoms with Crippen molar-refractivity contribution in [2.75, 3.05) is 6.16 Å². The minimum atomic E-state index is -1.80. The summed E-state index contributed by atoms with van der Waals surface area (Å²) in [7, 11) is -1.80. The average molecular weight is 497 g/mol. The van der Waals surface area contributed by atoms with Crippen LogP contribution in [0.25, 0.3) is 0 Å². The van der Waals surface area contributed by atoms with Gasteiger partial charge in [-0.15, -0.1) is 0 Å². The smallest absolute Gasteiger partial charge is 0.115 e. The number of aliphatic hydroxyl groups is 1. The SMILES string of the molecule is CC(=CC[P+](c1ccccc1)(c1ccccc1)c1ccccc1)CCCC(C)(C)O.[Br-]. The first-order chi connectivity index (χ1) is 14.4. The maximum absolute atomic E-state index is 10.0. The molecule has 3 aromatic carbocycles. The molecule has 0 radical (unpaired) electrons. The molecule has 0 bridgehead atoms. The summed E-state index contributed by atoms with van der Waals surface area (Å²) in [5, 5.41) is 14.3. The second-order valence-electron chi connectivity index (χ2n) is 8.72. The van der Waals surface area contributed by atoms with Crippen LogP contribution in [0.1, 0.15) is 40.0 Å². The van der Waals surface area contributed by atoms with Crippen LogP contribution >= 0.6 is 7.26 Å². The molecule has 0 heterocycles. The highest BCUT2D eigenvalue weighted by Crippen LogP contribution is 2.55. The van der Waals surface area contributed by atoms with Gasteiger partial charge >= 0.3 is 0 Å². The van der Waals surface area contributed by atoms with E-state index in [0.29, 0.717) is 0 Å². The van der Waals surface area contributed by atoms with Gasteiger partial charge in [-0.1, -0.05) is 60.2 Å². The highest BCUT2D eigenvalue weighted by molar-refractivity contribution is 7.95. The van der Waals surface area contributed by atoms with Crippen molar-refractivity contribution in [1.82, 2.24) is 0 Å². The Morgan fingerprint density at radius 3 is 1.52 bits per heavy atom. The third kappa shape index (κ3) is 6.88. The van der Waals surface area contributed by atoms with Crippen molar-refractivity contribution in [3.8, 4) is 0 Å². The van der Waals surface area contributed by atoms with Crippen molar-refractivity contribution >= 4 is 23.2 Å². The fourth-order valence-electron chi connectivity index (χ4n) is 4.01. The topological polar surface area (TPSA) is 20.2 Å². The van der Waals surface area contributed by atoms with Crippen LogP contribution in [0.15, 0.2) is 103 Å². The van der Waals surface area contributed by atoms with Gasteiger partial charge in [-0.25, -0.2) is 0 Å². The number of benzene rings is 3. The summed E-state index contributed by atoms with van der Waals surface area (Å²) in [4.78, 5) is 0. The van der Waals surface area contributed by atoms with E-state index in [1.165, 1.54) is 21.5 Å². The lowest BCUT2D eigenvalue weighted by molar-refractivity contribution is -0.0000153. The number of halogens is 1. The van der Waals surface area contributed by atoms with Crippen molar-refractivity contribution in [2.24, 2.45) is 0 Å². The van der Waals surface area contributed by atoms with Gasteiger partial charge in [0.2, 0.25) is 0 Å². The third-order valence-corrected chi connectivity index (χ3v) is 9.93. The summed E-state index contributed by atoms with van der Waals surface area (Å²) in [5.41, 5.74) is 0.821. The van der Waals surface area contributed by atoms with Crippen LogP contribution in [0.2, 0.25) is 0 Å². The van der Waals surface area contributed by atoms with Gasteiger partial charge in [0.25, 0.3) is 0 Å². The second kappa shape index (κ2) is 11.8. The molecule has 1 N–H and O–H groups in total. The molecule has 164 valence electrons. The predicted octanol–water partition coefficient (Wildman–Crippen LogP) is 2.87. The molecule has 0 spiro atoms. The molecule has 0 aliphatic rings. The van der Waals surface area contributed by atoms with Crippen LogP contribution in [0.4, 0.5) is 0 Å². The van der Waals surface area contributed by atoms with Crippen molar-refractivity contribution in [2.45, 2.75) is 45.6 Å². The van der Waals surface area contributed by atoms with Gasteiger partial charge in [0, 0.05) is 0 Å². The zero-order valence-electron chi connectivity index (χ0n) is 18.8. The normalized spacial score (nSPS) is 12.3. The van der Waals surface area contributed by atoms with Crippen molar-refractivity contribution in [1.29, 1.82) is 0 Å². The molecule has 0 saturated heterocycles. The number of hydrogen-bond acceptors (Lipinski definition) is 1. The van der Waals surface area contributed by atoms with Crippen LogP contribution in [-0.4, -0.2) is 16.9 Å². The van der Waals surface area contributed by atoms with E-state index in [0.717, 1.165) is 25.4 Å². The summed E-state index contributed by atoms with van der Waals surface area (Å²) in [6, 6.07) is 33.1. The van der Waals surface area contributed by atoms with Gasteiger partial charge in [-0.3, -0.25) is 0 Å². The predicted molar refractivity (Wildman–Crippen MR) is 134 cm³/mol. The first-order valence-electron chi connectivity index (χ1n) is 10.8. The second-order valence-corrected chi connectivity index (χ2v) is 12.2. The zero-order chi connectivity index (χ0) is 21.5. The van der Waals surface area contributed by atoms with E-state index in [1.807, 2.05) is 13.8 Å². The molecule has 31 heavy (non-hydrogen) atoms. The van der Waals surface area contributed by atoms with E-state index in [4.69, 9.17) is 0 Å². The van der Waals surface area contributed by atoms with Gasteiger partial charge in [0.1, 0.15) is 23.2 Å². The standard InChI is InChI=1S/C28H34OP.BrH/c1-24(14-13-22-28(2,3)29)21-23-30(25-15-7-4-8-16-25,26-17-9-5-10-18-26)27-19-11-6-12-20-27;/h4-12,15-21,29H,13-14,22-23H2,1-3H3;1H/q+1;/p-1. The van der Waals surface area contributed by atoms with Crippen LogP contribution in [0.3, 0.4) is 0 Å². The molecular weight excluding hydrogens is 463 g/mol. The van der Waals surface area contributed by atoms with E-state index in [9.17, 15) is 5.11 Å². The van der Waals surface area contributed by atoms with Crippen molar-refractivity contribution in [3.63, 3.8) is 0 Å². The molecule has 0 aliphatic heterocycles. The van der Waals surface area contributed by atoms with Crippen LogP contribution < -0.4 is 32.9 Å². The summed E-state index contributed by atoms with van der Waals surface area (Å²) in [5.74, 6) is 0. The molecule has 0 atom stereocenters. The Hall–Kier alpha value is -1.73. The number of allylic oxidation sites excluding steroid dienone is 2. The molecule has 0 aliphatic carbocycles. The molecular formula is C28H34BrOP. The molecule has 0 aromatic heterocycles. The Morgan fingerprint density at radius 2 is 1.16 bits per heavy atom. The molecule has 3 heteroatoms. The van der Waals surface area contributed by atoms with E-state index in [-0.39, 0.29) is 17.0 Å². The van der Waals surface area contributed by atoms with Crippen LogP contribution in [0.5, 0.6) is 0 Å². The zero-order valence-corrected chi connectivity index (χ0v) is 21.3. The highest BCUT2D eigenvalue weighted by atomic mass is 79.9. The van der Waals surface area contributed by atoms with E-state index >= 15 is 0 Å². The monoisotopic (exact) mass is 496 g/mol. The van der Waals surface area contributed by atoms with Crippen LogP contribution in [-0.2, 0) is 0 Å². The van der Waals surface area contributed by atoms with Gasteiger partial charge in [0.05, 0.1) is 11.8 Å². The van der Waals surface area contributed by atoms with E-state index in [1.54, 1.807) is 0 Å². The Morgan fingerprint density at radius 1 is 0.774 bits per heavy atom. The molecule has 3 rings (SSSR count). The summed E-state index contributed by atoms with van der Waals surface area (Å²) in [6.45, 7) is 6.02. The largest absolute Gasteiger partial charge is 1.00 e. The lowest BCUT2D eigenvalue weighted by Crippen LogP contribution is -3.00. The third-order valence-electron chi connectivity index (χ3n) is 5.66. The van der Waals surface area contributed by atoms with Gasteiger partial charge in [-0.2, -0.15) is 0 Å². The molecule has 1 nitrogen and oxygen atoms in total. The Bertz CT molecular complexity index is 834. The first-order valence-corrected chi connectivity index (χ1v) is 12.8. The summed E-state index contributed by atoms with van der Waals surface area (Å²) < 4.78 is 0. The first kappa shape index (κ1) is 25.5. The Labute approximate surface area is 199 Å². The molecule has 0 saturated carbocycles. The number of rotatable bonds is 9. The fraction of sp³-hybridized carbons (Fsp3) is 0.286. The summed E-state index contributed by atoms with van der Waals surface area (Å²) in [6.07, 6.45) is 6.33. The van der Waals surface area contributed by atoms with Crippen molar-refractivity contribution in [3.05, 3.63) is 103 Å². The van der Waals surface area contributed by atoms with Gasteiger partial charge < -0.3 is 22.1 Å². The molecule has 0 amide bonds. The Kier molecular flexibility index (Phi) is 9.69. The van der Waals surface area contributed by atoms with E-state index < -0.39 is 12.9 Å². The van der Waals surface area contributed by atoms with Crippen LogP contribution in [0, 0.1) is 0 Å². The Balaban J connectivity index is 0.00000341. The van der Waals surface area contributed by atoms with Gasteiger partial charge in [-0.05, 0) is 82.5 Å². The van der Waals surface area contributed by atoms with Crippen molar-refractivity contribution < 1.29 is 22.1 Å². The average Bonchev–Trinajstić information content (AvgIpc) is 2.76. The van der Waals surface area contributed by atoms with Gasteiger partial charge in [0.15, 0.2) is 0 Å². The minimum Gasteiger partial charge on any atom is -1.00 e. The maximum Gasteiger partial charge on any atom is 0.115 e. The molecule has 0 fully saturated rings. The number of hydrogen-bond donors (Lipinski definition) is 1. The molecule has 0 unspecified atom stereocenters. The van der Waals surface area contributed by atoms with E-state index in [2.05, 4.69) is 104 Å². The molecule has 3 aromatic rings. The minimum absolute atomic E-state index is 0. The fourth-order valence-corrected chi connectivity index (χ4v) is 8.16. The summed E-state index contributed by atoms with van der Waals surface area (Å²) >= 11 is 0. The lowest BCUT2D eigenvalue weighted by Gasteiger charge is -2.27. The highest BCUT2D eigenvalue weighted by Gasteiger charge is 2.44.